The molecule has 1 heterocycles. The molecule has 148 valence electrons. The lowest BCUT2D eigenvalue weighted by molar-refractivity contribution is -0.177. The number of ether oxygens (including phenoxy) is 2. The van der Waals surface area contributed by atoms with Crippen LogP contribution in [0.5, 0.6) is 5.75 Å². The fraction of sp³-hybridized carbons (Fsp3) is 0.526. The predicted molar refractivity (Wildman–Crippen MR) is 92.6 cm³/mol. The van der Waals surface area contributed by atoms with E-state index in [1.165, 1.54) is 0 Å². The molecule has 0 radical (unpaired) electrons. The molecule has 6 nitrogen and oxygen atoms in total. The van der Waals surface area contributed by atoms with E-state index in [4.69, 9.17) is 4.74 Å². The normalized spacial score (nSPS) is 16.9. The Balaban J connectivity index is 1.92. The Labute approximate surface area is 156 Å². The minimum absolute atomic E-state index is 0.121. The number of alkyl halides is 2. The molecule has 1 aliphatic rings. The van der Waals surface area contributed by atoms with Gasteiger partial charge in [-0.25, -0.2) is 4.79 Å². The number of benzene rings is 1. The van der Waals surface area contributed by atoms with Crippen molar-refractivity contribution in [2.75, 3.05) is 20.8 Å². The Kier molecular flexibility index (Phi) is 6.87. The number of Topliss-reactive ketones (excluding diaryl/α,β-unsaturated/α-hetero) is 1. The monoisotopic (exact) mass is 383 g/mol. The largest absolute Gasteiger partial charge is 0.497 e. The van der Waals surface area contributed by atoms with Crippen LogP contribution in [0, 0.1) is 0 Å². The van der Waals surface area contributed by atoms with Crippen molar-refractivity contribution in [1.82, 2.24) is 4.90 Å². The van der Waals surface area contributed by atoms with E-state index < -0.39 is 23.7 Å². The van der Waals surface area contributed by atoms with Crippen LogP contribution >= 0.6 is 0 Å². The molecule has 1 fully saturated rings. The van der Waals surface area contributed by atoms with E-state index in [2.05, 4.69) is 4.74 Å². The van der Waals surface area contributed by atoms with Crippen molar-refractivity contribution >= 4 is 17.7 Å². The lowest BCUT2D eigenvalue weighted by Gasteiger charge is -2.26. The number of likely N-dealkylation sites (tertiary alicyclic amines) is 1. The first-order valence-corrected chi connectivity index (χ1v) is 8.74. The molecule has 2 rings (SSSR count). The summed E-state index contributed by atoms with van der Waals surface area (Å²) in [5.74, 6) is -7.34. The van der Waals surface area contributed by atoms with Crippen LogP contribution in [0.2, 0.25) is 0 Å². The van der Waals surface area contributed by atoms with Gasteiger partial charge in [-0.15, -0.1) is 0 Å². The average Bonchev–Trinajstić information content (AvgIpc) is 3.16. The van der Waals surface area contributed by atoms with E-state index in [1.54, 1.807) is 7.11 Å². The van der Waals surface area contributed by atoms with Gasteiger partial charge in [0.05, 0.1) is 20.3 Å². The first-order chi connectivity index (χ1) is 12.8. The lowest BCUT2D eigenvalue weighted by atomic mass is 10.0. The lowest BCUT2D eigenvalue weighted by Crippen LogP contribution is -2.51. The van der Waals surface area contributed by atoms with Gasteiger partial charge in [0.25, 0.3) is 0 Å². The standard InChI is InChI=1S/C19H23F2NO5/c1-26-14-10-8-13(9-11-14)5-3-7-16(23)22-12-4-6-15(22)17(24)19(20,21)18(25)27-2/h8-11,15H,3-7,12H2,1-2H3. The van der Waals surface area contributed by atoms with Crippen LogP contribution in [-0.2, 0) is 25.5 Å². The number of nitrogens with zero attached hydrogens (tertiary/aromatic N) is 1. The fourth-order valence-corrected chi connectivity index (χ4v) is 3.16. The number of amides is 1. The zero-order valence-electron chi connectivity index (χ0n) is 15.4. The molecule has 0 spiro atoms. The maximum Gasteiger partial charge on any atom is 0.401 e. The number of aryl methyl sites for hydroxylation is 1. The van der Waals surface area contributed by atoms with Crippen molar-refractivity contribution in [3.8, 4) is 5.75 Å². The molecular weight excluding hydrogens is 360 g/mol. The van der Waals surface area contributed by atoms with Gasteiger partial charge in [0.1, 0.15) is 5.75 Å². The molecule has 1 atom stereocenters. The molecule has 0 aliphatic carbocycles. The highest BCUT2D eigenvalue weighted by Gasteiger charge is 2.54. The van der Waals surface area contributed by atoms with Crippen molar-refractivity contribution in [3.63, 3.8) is 0 Å². The van der Waals surface area contributed by atoms with E-state index in [0.717, 1.165) is 23.3 Å². The first kappa shape index (κ1) is 20.8. The summed E-state index contributed by atoms with van der Waals surface area (Å²) in [6.07, 6.45) is 1.86. The molecule has 0 aromatic heterocycles. The second-order valence-corrected chi connectivity index (χ2v) is 6.38. The fourth-order valence-electron chi connectivity index (χ4n) is 3.16. The maximum atomic E-state index is 13.9. The average molecular weight is 383 g/mol. The molecule has 8 heteroatoms. The van der Waals surface area contributed by atoms with Crippen LogP contribution in [0.15, 0.2) is 24.3 Å². The van der Waals surface area contributed by atoms with Gasteiger partial charge in [0.2, 0.25) is 11.7 Å². The highest BCUT2D eigenvalue weighted by molar-refractivity contribution is 6.08. The third kappa shape index (κ3) is 4.81. The Bertz CT molecular complexity index is 690. The summed E-state index contributed by atoms with van der Waals surface area (Å²) >= 11 is 0. The minimum Gasteiger partial charge on any atom is -0.497 e. The van der Waals surface area contributed by atoms with Crippen LogP contribution in [0.25, 0.3) is 0 Å². The van der Waals surface area contributed by atoms with Crippen molar-refractivity contribution in [3.05, 3.63) is 29.8 Å². The molecule has 1 aromatic carbocycles. The molecule has 1 aliphatic heterocycles. The number of halogens is 2. The Morgan fingerprint density at radius 1 is 1.19 bits per heavy atom. The number of ketones is 1. The summed E-state index contributed by atoms with van der Waals surface area (Å²) in [5.41, 5.74) is 1.02. The molecule has 0 bridgehead atoms. The number of hydrogen-bond acceptors (Lipinski definition) is 5. The summed E-state index contributed by atoms with van der Waals surface area (Å²) in [7, 11) is 2.37. The molecule has 27 heavy (non-hydrogen) atoms. The van der Waals surface area contributed by atoms with Gasteiger partial charge in [-0.3, -0.25) is 9.59 Å². The van der Waals surface area contributed by atoms with Gasteiger partial charge < -0.3 is 14.4 Å². The highest BCUT2D eigenvalue weighted by Crippen LogP contribution is 2.28. The third-order valence-corrected chi connectivity index (χ3v) is 4.64. The molecule has 1 aromatic rings. The van der Waals surface area contributed by atoms with Crippen LogP contribution in [0.3, 0.4) is 0 Å². The predicted octanol–water partition coefficient (Wildman–Crippen LogP) is 2.39. The van der Waals surface area contributed by atoms with Gasteiger partial charge in [-0.2, -0.15) is 8.78 Å². The molecule has 0 saturated carbocycles. The third-order valence-electron chi connectivity index (χ3n) is 4.64. The number of carbonyl (C=O) groups excluding carboxylic acids is 3. The van der Waals surface area contributed by atoms with Gasteiger partial charge in [0, 0.05) is 13.0 Å². The summed E-state index contributed by atoms with van der Waals surface area (Å²) in [6, 6.07) is 6.14. The van der Waals surface area contributed by atoms with Gasteiger partial charge in [-0.05, 0) is 43.4 Å². The molecule has 1 unspecified atom stereocenters. The van der Waals surface area contributed by atoms with Gasteiger partial charge in [-0.1, -0.05) is 12.1 Å². The van der Waals surface area contributed by atoms with E-state index in [9.17, 15) is 23.2 Å². The van der Waals surface area contributed by atoms with E-state index in [1.807, 2.05) is 24.3 Å². The Morgan fingerprint density at radius 2 is 1.85 bits per heavy atom. The summed E-state index contributed by atoms with van der Waals surface area (Å²) < 4.78 is 36.8. The molecule has 1 amide bonds. The number of methoxy groups -OCH3 is 2. The smallest absolute Gasteiger partial charge is 0.401 e. The Morgan fingerprint density at radius 3 is 2.44 bits per heavy atom. The zero-order chi connectivity index (χ0) is 20.0. The van der Waals surface area contributed by atoms with Crippen molar-refractivity contribution in [2.24, 2.45) is 0 Å². The summed E-state index contributed by atoms with van der Waals surface area (Å²) in [6.45, 7) is 0.231. The number of esters is 1. The van der Waals surface area contributed by atoms with Gasteiger partial charge in [0.15, 0.2) is 0 Å². The SMILES string of the molecule is COC(=O)C(F)(F)C(=O)C1CCCN1C(=O)CCCc1ccc(OC)cc1. The van der Waals surface area contributed by atoms with E-state index >= 15 is 0 Å². The van der Waals surface area contributed by atoms with Gasteiger partial charge >= 0.3 is 11.9 Å². The summed E-state index contributed by atoms with van der Waals surface area (Å²) in [5, 5.41) is 0. The van der Waals surface area contributed by atoms with E-state index in [0.29, 0.717) is 19.3 Å². The quantitative estimate of drug-likeness (QED) is 0.509. The first-order valence-electron chi connectivity index (χ1n) is 8.74. The molecule has 0 N–H and O–H groups in total. The molecular formula is C19H23F2NO5. The second-order valence-electron chi connectivity index (χ2n) is 6.38. The number of hydrogen-bond donors (Lipinski definition) is 0. The Hall–Kier alpha value is -2.51. The van der Waals surface area contributed by atoms with Crippen LogP contribution in [-0.4, -0.2) is 55.3 Å². The number of rotatable bonds is 8. The highest BCUT2D eigenvalue weighted by atomic mass is 19.3. The van der Waals surface area contributed by atoms with Crippen molar-refractivity contribution < 1.29 is 32.6 Å². The van der Waals surface area contributed by atoms with Crippen LogP contribution in [0.1, 0.15) is 31.2 Å². The van der Waals surface area contributed by atoms with Crippen molar-refractivity contribution in [2.45, 2.75) is 44.1 Å². The van der Waals surface area contributed by atoms with Crippen LogP contribution < -0.4 is 4.74 Å². The summed E-state index contributed by atoms with van der Waals surface area (Å²) in [4.78, 5) is 36.8. The zero-order valence-corrected chi connectivity index (χ0v) is 15.4. The van der Waals surface area contributed by atoms with E-state index in [-0.39, 0.29) is 25.3 Å². The molecule has 1 saturated heterocycles. The second kappa shape index (κ2) is 8.92. The van der Waals surface area contributed by atoms with Crippen molar-refractivity contribution in [1.29, 1.82) is 0 Å². The van der Waals surface area contributed by atoms with Crippen LogP contribution in [0.4, 0.5) is 8.78 Å². The maximum absolute atomic E-state index is 13.9. The minimum atomic E-state index is -4.24. The topological polar surface area (TPSA) is 72.9 Å². The number of carbonyl (C=O) groups is 3.